The van der Waals surface area contributed by atoms with E-state index in [1.807, 2.05) is 21.1 Å². The molecule has 0 saturated heterocycles. The van der Waals surface area contributed by atoms with E-state index < -0.39 is 26.5 Å². The summed E-state index contributed by atoms with van der Waals surface area (Å²) in [6, 6.07) is 0. The van der Waals surface area contributed by atoms with Crippen molar-refractivity contribution in [1.82, 2.24) is 0 Å². The number of carbonyl (C=O) groups is 2. The van der Waals surface area contributed by atoms with E-state index in [2.05, 4.69) is 123 Å². The molecule has 0 fully saturated rings. The van der Waals surface area contributed by atoms with E-state index in [0.29, 0.717) is 17.4 Å². The third-order valence-electron chi connectivity index (χ3n) is 13.3. The Morgan fingerprint density at radius 1 is 0.397 bits per heavy atom. The van der Waals surface area contributed by atoms with E-state index in [-0.39, 0.29) is 32.0 Å². The topological polar surface area (TPSA) is 111 Å². The maximum absolute atomic E-state index is 12.8. The average molecular weight is 1110 g/mol. The van der Waals surface area contributed by atoms with E-state index in [9.17, 15) is 19.0 Å². The summed E-state index contributed by atoms with van der Waals surface area (Å²) < 4.78 is 34.2. The van der Waals surface area contributed by atoms with E-state index in [1.54, 1.807) is 0 Å². The maximum Gasteiger partial charge on any atom is 0.306 e. The zero-order valence-electron chi connectivity index (χ0n) is 50.8. The number of carbonyl (C=O) groups excluding carboxylic acids is 2. The van der Waals surface area contributed by atoms with Gasteiger partial charge in [0.2, 0.25) is 0 Å². The molecule has 9 nitrogen and oxygen atoms in total. The first kappa shape index (κ1) is 74.7. The number of hydrogen-bond acceptors (Lipinski definition) is 8. The van der Waals surface area contributed by atoms with Crippen molar-refractivity contribution in [3.05, 3.63) is 109 Å². The molecule has 10 heteroatoms. The molecule has 2 atom stereocenters. The fourth-order valence-corrected chi connectivity index (χ4v) is 9.23. The van der Waals surface area contributed by atoms with E-state index in [4.69, 9.17) is 18.5 Å². The molecule has 0 aliphatic rings. The van der Waals surface area contributed by atoms with Gasteiger partial charge in [-0.05, 0) is 96.3 Å². The summed E-state index contributed by atoms with van der Waals surface area (Å²) in [5, 5.41) is 0. The molecule has 0 rings (SSSR count). The SMILES string of the molecule is CC/C=C\C/C=C\C/C=C\C/C=C\C/C=C\CCCCCCCCCCCC(=O)OC(COC(=O)CCCCCCCCCCCCCCCCCC/C=C\C/C=C\C/C=C\C/C=C\CC)COP(=O)([O-])OCC[N+](C)(C)C. The van der Waals surface area contributed by atoms with Crippen molar-refractivity contribution in [3.8, 4) is 0 Å². The van der Waals surface area contributed by atoms with Crippen LogP contribution < -0.4 is 4.89 Å². The van der Waals surface area contributed by atoms with Gasteiger partial charge >= 0.3 is 11.9 Å². The van der Waals surface area contributed by atoms with Crippen LogP contribution in [0.2, 0.25) is 0 Å². The fraction of sp³-hybridized carbons (Fsp3) is 0.706. The van der Waals surface area contributed by atoms with Crippen LogP contribution in [0.4, 0.5) is 0 Å². The number of allylic oxidation sites excluding steroid dienone is 18. The van der Waals surface area contributed by atoms with Gasteiger partial charge in [0.15, 0.2) is 6.10 Å². The number of unbranched alkanes of at least 4 members (excludes halogenated alkanes) is 25. The summed E-state index contributed by atoms with van der Waals surface area (Å²) >= 11 is 0. The van der Waals surface area contributed by atoms with Crippen LogP contribution in [-0.2, 0) is 32.7 Å². The Hall–Kier alpha value is -3.33. The lowest BCUT2D eigenvalue weighted by Gasteiger charge is -2.28. The number of rotatable bonds is 57. The first-order valence-corrected chi connectivity index (χ1v) is 33.1. The Labute approximate surface area is 480 Å². The van der Waals surface area contributed by atoms with Gasteiger partial charge in [-0.3, -0.25) is 14.2 Å². The summed E-state index contributed by atoms with van der Waals surface area (Å²) in [5.74, 6) is -0.840. The number of quaternary nitrogens is 1. The summed E-state index contributed by atoms with van der Waals surface area (Å²) in [6.07, 6.45) is 81.4. The van der Waals surface area contributed by atoms with Crippen molar-refractivity contribution in [1.29, 1.82) is 0 Å². The molecule has 0 bridgehead atoms. The van der Waals surface area contributed by atoms with E-state index >= 15 is 0 Å². The van der Waals surface area contributed by atoms with Crippen LogP contribution >= 0.6 is 7.82 Å². The highest BCUT2D eigenvalue weighted by Gasteiger charge is 2.22. The van der Waals surface area contributed by atoms with E-state index in [1.165, 1.54) is 122 Å². The molecule has 0 radical (unpaired) electrons. The van der Waals surface area contributed by atoms with Crippen LogP contribution in [0, 0.1) is 0 Å². The van der Waals surface area contributed by atoms with Crippen LogP contribution in [0.1, 0.15) is 258 Å². The smallest absolute Gasteiger partial charge is 0.306 e. The molecule has 0 N–H and O–H groups in total. The molecule has 0 heterocycles. The molecule has 0 aromatic rings. The van der Waals surface area contributed by atoms with Crippen molar-refractivity contribution >= 4 is 19.8 Å². The van der Waals surface area contributed by atoms with Gasteiger partial charge in [-0.15, -0.1) is 0 Å². The second-order valence-electron chi connectivity index (χ2n) is 22.0. The van der Waals surface area contributed by atoms with Crippen molar-refractivity contribution < 1.29 is 42.1 Å². The number of likely N-dealkylation sites (N-methyl/N-ethyl adjacent to an activating group) is 1. The van der Waals surface area contributed by atoms with Gasteiger partial charge < -0.3 is 27.9 Å². The first-order chi connectivity index (χ1) is 38.0. The summed E-state index contributed by atoms with van der Waals surface area (Å²) in [5.41, 5.74) is 0. The van der Waals surface area contributed by atoms with Gasteiger partial charge in [-0.1, -0.05) is 258 Å². The number of phosphoric acid groups is 1. The lowest BCUT2D eigenvalue weighted by Crippen LogP contribution is -2.37. The highest BCUT2D eigenvalue weighted by atomic mass is 31.2. The third-order valence-corrected chi connectivity index (χ3v) is 14.3. The molecule has 0 aliphatic carbocycles. The fourth-order valence-electron chi connectivity index (χ4n) is 8.50. The number of hydrogen-bond donors (Lipinski definition) is 0. The molecular weight excluding hydrogens is 990 g/mol. The Bertz CT molecular complexity index is 1680. The molecule has 0 saturated carbocycles. The number of ether oxygens (including phenoxy) is 2. The Kier molecular flexibility index (Phi) is 55.8. The zero-order chi connectivity index (χ0) is 57.0. The molecule has 78 heavy (non-hydrogen) atoms. The van der Waals surface area contributed by atoms with Crippen molar-refractivity contribution in [2.24, 2.45) is 0 Å². The number of phosphoric ester groups is 1. The summed E-state index contributed by atoms with van der Waals surface area (Å²) in [4.78, 5) is 38.0. The number of esters is 2. The summed E-state index contributed by atoms with van der Waals surface area (Å²) in [6.45, 7) is 4.02. The van der Waals surface area contributed by atoms with Gasteiger partial charge in [-0.2, -0.15) is 0 Å². The van der Waals surface area contributed by atoms with Crippen LogP contribution in [0.25, 0.3) is 0 Å². The molecule has 0 amide bonds. The summed E-state index contributed by atoms with van der Waals surface area (Å²) in [7, 11) is 1.15. The molecule has 0 aliphatic heterocycles. The van der Waals surface area contributed by atoms with E-state index in [0.717, 1.165) is 103 Å². The highest BCUT2D eigenvalue weighted by molar-refractivity contribution is 7.45. The quantitative estimate of drug-likeness (QED) is 0.0195. The van der Waals surface area contributed by atoms with Gasteiger partial charge in [0.05, 0.1) is 27.7 Å². The van der Waals surface area contributed by atoms with Crippen LogP contribution in [0.15, 0.2) is 109 Å². The number of nitrogens with zero attached hydrogens (tertiary/aromatic N) is 1. The van der Waals surface area contributed by atoms with Gasteiger partial charge in [0, 0.05) is 12.8 Å². The van der Waals surface area contributed by atoms with Crippen LogP contribution in [-0.4, -0.2) is 70.0 Å². The zero-order valence-corrected chi connectivity index (χ0v) is 51.7. The minimum atomic E-state index is -4.65. The molecular formula is C68H118NO8P. The molecule has 0 spiro atoms. The van der Waals surface area contributed by atoms with Crippen molar-refractivity contribution in [3.63, 3.8) is 0 Å². The lowest BCUT2D eigenvalue weighted by atomic mass is 10.0. The predicted octanol–water partition coefficient (Wildman–Crippen LogP) is 19.5. The standard InChI is InChI=1S/C68H118NO8P/c1-6-8-10-12-14-16-18-20-22-24-26-28-30-32-33-34-35-37-38-40-42-44-46-48-50-52-54-56-58-60-67(70)74-64-66(65-76-78(72,73)75-63-62-69(3,4)5)77-68(71)61-59-57-55-53-51-49-47-45-43-41-39-36-31-29-27-25-23-21-19-17-15-13-11-9-7-2/h8-11,14-17,20-23,26-29,36,39,66H,6-7,12-13,18-19,24-25,30-35,37-38,40-65H2,1-5H3/b10-8-,11-9-,16-14-,17-15-,22-20-,23-21-,28-26-,29-27-,39-36-. The van der Waals surface area contributed by atoms with Crippen molar-refractivity contribution in [2.75, 3.05) is 47.5 Å². The first-order valence-electron chi connectivity index (χ1n) is 31.6. The van der Waals surface area contributed by atoms with Gasteiger partial charge in [0.25, 0.3) is 7.82 Å². The Balaban J connectivity index is 4.12. The van der Waals surface area contributed by atoms with Crippen LogP contribution in [0.3, 0.4) is 0 Å². The second-order valence-corrected chi connectivity index (χ2v) is 23.4. The van der Waals surface area contributed by atoms with Crippen molar-refractivity contribution in [2.45, 2.75) is 264 Å². The Morgan fingerprint density at radius 2 is 0.692 bits per heavy atom. The van der Waals surface area contributed by atoms with Gasteiger partial charge in [-0.25, -0.2) is 0 Å². The monoisotopic (exact) mass is 1110 g/mol. The lowest BCUT2D eigenvalue weighted by molar-refractivity contribution is -0.870. The molecule has 0 aromatic carbocycles. The third kappa shape index (κ3) is 61.9. The Morgan fingerprint density at radius 3 is 1.03 bits per heavy atom. The maximum atomic E-state index is 12.8. The van der Waals surface area contributed by atoms with Crippen LogP contribution in [0.5, 0.6) is 0 Å². The molecule has 0 aromatic heterocycles. The minimum Gasteiger partial charge on any atom is -0.756 e. The second kappa shape index (κ2) is 58.3. The predicted molar refractivity (Wildman–Crippen MR) is 332 cm³/mol. The minimum absolute atomic E-state index is 0.0363. The average Bonchev–Trinajstić information content (AvgIpc) is 3.40. The largest absolute Gasteiger partial charge is 0.756 e. The van der Waals surface area contributed by atoms with Gasteiger partial charge in [0.1, 0.15) is 19.8 Å². The highest BCUT2D eigenvalue weighted by Crippen LogP contribution is 2.38. The normalized spacial score (nSPS) is 14.0. The molecule has 448 valence electrons. The molecule has 2 unspecified atom stereocenters.